The van der Waals surface area contributed by atoms with Crippen LogP contribution in [0.5, 0.6) is 0 Å². The number of hydrogen-bond acceptors (Lipinski definition) is 5. The van der Waals surface area contributed by atoms with Gasteiger partial charge in [-0.2, -0.15) is 5.26 Å². The van der Waals surface area contributed by atoms with Gasteiger partial charge in [0.15, 0.2) is 0 Å². The lowest BCUT2D eigenvalue weighted by atomic mass is 9.98. The Morgan fingerprint density at radius 2 is 1.83 bits per heavy atom. The number of nitrogens with one attached hydrogen (secondary N) is 1. The number of rotatable bonds is 6. The highest BCUT2D eigenvalue weighted by molar-refractivity contribution is 5.97. The van der Waals surface area contributed by atoms with Gasteiger partial charge in [0, 0.05) is 24.0 Å². The molecule has 1 aliphatic rings. The zero-order chi connectivity index (χ0) is 24.4. The molecule has 35 heavy (non-hydrogen) atoms. The quantitative estimate of drug-likeness (QED) is 0.467. The smallest absolute Gasteiger partial charge is 0.265 e. The molecule has 8 heteroatoms. The molecule has 174 valence electrons. The summed E-state index contributed by atoms with van der Waals surface area (Å²) in [6.07, 6.45) is 1.74. The van der Waals surface area contributed by atoms with Crippen molar-refractivity contribution in [1.29, 1.82) is 5.26 Å². The van der Waals surface area contributed by atoms with Gasteiger partial charge in [-0.15, -0.1) is 0 Å². The Kier molecular flexibility index (Phi) is 6.08. The average molecular weight is 468 g/mol. The molecule has 1 N–H and O–H groups in total. The number of nitriles is 1. The van der Waals surface area contributed by atoms with Crippen LogP contribution >= 0.6 is 0 Å². The third-order valence-electron chi connectivity index (χ3n) is 6.09. The first-order valence-corrected chi connectivity index (χ1v) is 11.1. The minimum atomic E-state index is -0.508. The summed E-state index contributed by atoms with van der Waals surface area (Å²) >= 11 is 0. The van der Waals surface area contributed by atoms with Crippen LogP contribution in [0.2, 0.25) is 0 Å². The van der Waals surface area contributed by atoms with E-state index in [1.807, 2.05) is 6.07 Å². The molecular weight excluding hydrogens is 447 g/mol. The van der Waals surface area contributed by atoms with Crippen molar-refractivity contribution >= 4 is 16.9 Å². The first-order valence-electron chi connectivity index (χ1n) is 11.1. The van der Waals surface area contributed by atoms with Gasteiger partial charge in [-0.3, -0.25) is 14.2 Å². The second-order valence-corrected chi connectivity index (χ2v) is 8.48. The van der Waals surface area contributed by atoms with Gasteiger partial charge in [-0.05, 0) is 53.1 Å². The van der Waals surface area contributed by atoms with Gasteiger partial charge in [0.2, 0.25) is 0 Å². The molecule has 1 amide bonds. The summed E-state index contributed by atoms with van der Waals surface area (Å²) in [7, 11) is 0. The van der Waals surface area contributed by atoms with Gasteiger partial charge in [0.05, 0.1) is 31.4 Å². The molecule has 1 aliphatic heterocycles. The number of benzene rings is 2. The Hall–Kier alpha value is -4.35. The lowest BCUT2D eigenvalue weighted by Crippen LogP contribution is -2.33. The van der Waals surface area contributed by atoms with Crippen molar-refractivity contribution in [2.75, 3.05) is 13.2 Å². The first kappa shape index (κ1) is 22.4. The molecule has 3 heterocycles. The monoisotopic (exact) mass is 468 g/mol. The van der Waals surface area contributed by atoms with Crippen LogP contribution in [-0.4, -0.2) is 28.7 Å². The van der Waals surface area contributed by atoms with Crippen LogP contribution in [0.15, 0.2) is 71.7 Å². The molecule has 4 aromatic rings. The van der Waals surface area contributed by atoms with E-state index >= 15 is 0 Å². The number of hydrogen-bond donors (Lipinski definition) is 1. The van der Waals surface area contributed by atoms with E-state index in [0.717, 1.165) is 11.1 Å². The Labute approximate surface area is 200 Å². The van der Waals surface area contributed by atoms with E-state index in [0.29, 0.717) is 35.4 Å². The number of carbonyl (C=O) groups excluding carboxylic acids is 1. The van der Waals surface area contributed by atoms with Gasteiger partial charge < -0.3 is 10.1 Å². The lowest BCUT2D eigenvalue weighted by molar-refractivity contribution is 0.00835. The van der Waals surface area contributed by atoms with Crippen molar-refractivity contribution in [3.63, 3.8) is 0 Å². The average Bonchev–Trinajstić information content (AvgIpc) is 2.84. The molecule has 7 nitrogen and oxygen atoms in total. The van der Waals surface area contributed by atoms with E-state index in [1.54, 1.807) is 48.7 Å². The zero-order valence-electron chi connectivity index (χ0n) is 18.7. The summed E-state index contributed by atoms with van der Waals surface area (Å²) in [5.41, 5.74) is 3.00. The van der Waals surface area contributed by atoms with Crippen molar-refractivity contribution < 1.29 is 13.9 Å². The minimum Gasteiger partial charge on any atom is -0.380 e. The summed E-state index contributed by atoms with van der Waals surface area (Å²) < 4.78 is 20.1. The van der Waals surface area contributed by atoms with Crippen LogP contribution in [-0.2, 0) is 17.8 Å². The Balaban J connectivity index is 1.51. The lowest BCUT2D eigenvalue weighted by Gasteiger charge is -2.26. The molecule has 0 bridgehead atoms. The van der Waals surface area contributed by atoms with Crippen LogP contribution in [0.3, 0.4) is 0 Å². The molecule has 0 atom stereocenters. The van der Waals surface area contributed by atoms with E-state index in [4.69, 9.17) is 10.00 Å². The molecule has 0 radical (unpaired) electrons. The number of aromatic nitrogens is 2. The van der Waals surface area contributed by atoms with E-state index in [1.165, 1.54) is 16.7 Å². The van der Waals surface area contributed by atoms with Crippen LogP contribution in [0.4, 0.5) is 4.39 Å². The number of carbonyl (C=O) groups is 1. The van der Waals surface area contributed by atoms with Crippen molar-refractivity contribution in [2.45, 2.75) is 19.0 Å². The fourth-order valence-electron chi connectivity index (χ4n) is 3.99. The van der Waals surface area contributed by atoms with Gasteiger partial charge >= 0.3 is 0 Å². The van der Waals surface area contributed by atoms with Crippen molar-refractivity contribution in [3.05, 3.63) is 111 Å². The highest BCUT2D eigenvalue weighted by atomic mass is 19.1. The molecule has 0 unspecified atom stereocenters. The van der Waals surface area contributed by atoms with Crippen LogP contribution < -0.4 is 10.9 Å². The van der Waals surface area contributed by atoms with Gasteiger partial charge in [0.1, 0.15) is 17.0 Å². The maximum absolute atomic E-state index is 13.4. The summed E-state index contributed by atoms with van der Waals surface area (Å²) in [5, 5.41) is 12.4. The second-order valence-electron chi connectivity index (χ2n) is 8.48. The predicted octanol–water partition coefficient (Wildman–Crippen LogP) is 3.50. The standard InChI is InChI=1S/C27H21FN4O3/c28-23-7-5-19(6-8-23)14-32-25-20(9-21(13-30-25)22-15-35-16-22)10-24(27(32)34)26(33)31-12-18-3-1-17(11-29)2-4-18/h1-10,13,22H,12,14-16H2,(H,31,33). The second kappa shape index (κ2) is 9.49. The Morgan fingerprint density at radius 1 is 1.11 bits per heavy atom. The molecule has 1 fully saturated rings. The molecule has 1 saturated heterocycles. The van der Waals surface area contributed by atoms with Crippen LogP contribution in [0.1, 0.15) is 38.5 Å². The van der Waals surface area contributed by atoms with E-state index < -0.39 is 11.5 Å². The van der Waals surface area contributed by atoms with E-state index in [2.05, 4.69) is 16.4 Å². The highest BCUT2D eigenvalue weighted by Gasteiger charge is 2.23. The number of pyridine rings is 2. The fraction of sp³-hybridized carbons (Fsp3) is 0.185. The number of nitrogens with zero attached hydrogens (tertiary/aromatic N) is 3. The first-order chi connectivity index (χ1) is 17.0. The Morgan fingerprint density at radius 3 is 2.49 bits per heavy atom. The fourth-order valence-corrected chi connectivity index (χ4v) is 3.99. The third-order valence-corrected chi connectivity index (χ3v) is 6.09. The van der Waals surface area contributed by atoms with Gasteiger partial charge in [-0.25, -0.2) is 9.37 Å². The topological polar surface area (TPSA) is 97.0 Å². The van der Waals surface area contributed by atoms with Gasteiger partial charge in [-0.1, -0.05) is 24.3 Å². The summed E-state index contributed by atoms with van der Waals surface area (Å²) in [4.78, 5) is 31.0. The zero-order valence-corrected chi connectivity index (χ0v) is 18.7. The van der Waals surface area contributed by atoms with Crippen molar-refractivity contribution in [2.24, 2.45) is 0 Å². The number of halogens is 1. The summed E-state index contributed by atoms with van der Waals surface area (Å²) in [5.74, 6) is -0.642. The van der Waals surface area contributed by atoms with Crippen LogP contribution in [0.25, 0.3) is 11.0 Å². The Bertz CT molecular complexity index is 1500. The van der Waals surface area contributed by atoms with E-state index in [9.17, 15) is 14.0 Å². The predicted molar refractivity (Wildman–Crippen MR) is 127 cm³/mol. The molecule has 2 aromatic carbocycles. The van der Waals surface area contributed by atoms with E-state index in [-0.39, 0.29) is 30.4 Å². The minimum absolute atomic E-state index is 0.00272. The number of amides is 1. The molecule has 5 rings (SSSR count). The molecule has 0 spiro atoms. The van der Waals surface area contributed by atoms with Crippen molar-refractivity contribution in [1.82, 2.24) is 14.9 Å². The summed E-state index contributed by atoms with van der Waals surface area (Å²) in [6.45, 7) is 1.57. The van der Waals surface area contributed by atoms with Crippen molar-refractivity contribution in [3.8, 4) is 6.07 Å². The maximum Gasteiger partial charge on any atom is 0.265 e. The normalized spacial score (nSPS) is 13.3. The van der Waals surface area contributed by atoms with Gasteiger partial charge in [0.25, 0.3) is 11.5 Å². The number of fused-ring (bicyclic) bond motifs is 1. The third kappa shape index (κ3) is 4.67. The molecular formula is C27H21FN4O3. The summed E-state index contributed by atoms with van der Waals surface area (Å²) in [6, 6.07) is 18.3. The van der Waals surface area contributed by atoms with Crippen LogP contribution in [0, 0.1) is 17.1 Å². The molecule has 0 saturated carbocycles. The SMILES string of the molecule is N#Cc1ccc(CNC(=O)c2cc3cc(C4COC4)cnc3n(Cc3ccc(F)cc3)c2=O)cc1. The largest absolute Gasteiger partial charge is 0.380 e. The highest BCUT2D eigenvalue weighted by Crippen LogP contribution is 2.26. The number of ether oxygens (including phenoxy) is 1. The maximum atomic E-state index is 13.4. The molecule has 0 aliphatic carbocycles. The molecule has 2 aromatic heterocycles.